The smallest absolute Gasteiger partial charge is 0.0821 e. The zero-order valence-corrected chi connectivity index (χ0v) is 9.57. The van der Waals surface area contributed by atoms with E-state index in [2.05, 4.69) is 10.3 Å². The average molecular weight is 242 g/mol. The Hall–Kier alpha value is -1.06. The normalized spacial score (nSPS) is 12.7. The van der Waals surface area contributed by atoms with Crippen molar-refractivity contribution in [2.45, 2.75) is 12.3 Å². The van der Waals surface area contributed by atoms with E-state index in [0.29, 0.717) is 5.02 Å². The average Bonchev–Trinajstić information content (AvgIpc) is 2.67. The third kappa shape index (κ3) is 2.13. The number of hydrogen-bond acceptors (Lipinski definition) is 2. The monoisotopic (exact) mass is 241 g/mol. The Morgan fingerprint density at radius 2 is 1.93 bits per heavy atom. The molecule has 78 valence electrons. The quantitative estimate of drug-likeness (QED) is 0.757. The van der Waals surface area contributed by atoms with Gasteiger partial charge in [-0.3, -0.25) is 0 Å². The molecule has 2 aromatic rings. The van der Waals surface area contributed by atoms with Gasteiger partial charge in [-0.25, -0.2) is 4.68 Å². The highest BCUT2D eigenvalue weighted by molar-refractivity contribution is 6.30. The van der Waals surface area contributed by atoms with Crippen molar-refractivity contribution in [2.24, 2.45) is 0 Å². The Morgan fingerprint density at radius 3 is 2.53 bits per heavy atom. The van der Waals surface area contributed by atoms with Gasteiger partial charge >= 0.3 is 0 Å². The highest BCUT2D eigenvalue weighted by Gasteiger charge is 2.10. The van der Waals surface area contributed by atoms with Gasteiger partial charge in [0.05, 0.1) is 23.0 Å². The lowest BCUT2D eigenvalue weighted by atomic mass is 10.3. The van der Waals surface area contributed by atoms with Gasteiger partial charge in [0.15, 0.2) is 0 Å². The molecule has 3 nitrogen and oxygen atoms in total. The predicted molar refractivity (Wildman–Crippen MR) is 60.6 cm³/mol. The van der Waals surface area contributed by atoms with Gasteiger partial charge in [-0.05, 0) is 31.2 Å². The van der Waals surface area contributed by atoms with Crippen molar-refractivity contribution < 1.29 is 0 Å². The van der Waals surface area contributed by atoms with Gasteiger partial charge in [-0.2, -0.15) is 0 Å². The van der Waals surface area contributed by atoms with Crippen LogP contribution in [0, 0.1) is 0 Å². The van der Waals surface area contributed by atoms with Crippen molar-refractivity contribution in [2.75, 3.05) is 0 Å². The summed E-state index contributed by atoms with van der Waals surface area (Å²) in [5.74, 6) is 0. The number of hydrogen-bond donors (Lipinski definition) is 0. The van der Waals surface area contributed by atoms with Gasteiger partial charge in [0, 0.05) is 5.02 Å². The molecular formula is C10H9Cl2N3. The molecule has 0 aliphatic carbocycles. The number of alkyl halides is 1. The van der Waals surface area contributed by atoms with Gasteiger partial charge in [-0.15, -0.1) is 16.7 Å². The van der Waals surface area contributed by atoms with Gasteiger partial charge in [0.2, 0.25) is 0 Å². The van der Waals surface area contributed by atoms with E-state index in [0.717, 1.165) is 11.4 Å². The summed E-state index contributed by atoms with van der Waals surface area (Å²) in [4.78, 5) is 0. The lowest BCUT2D eigenvalue weighted by molar-refractivity contribution is 0.761. The van der Waals surface area contributed by atoms with Crippen molar-refractivity contribution in [3.05, 3.63) is 41.2 Å². The van der Waals surface area contributed by atoms with Crippen LogP contribution in [0.4, 0.5) is 0 Å². The van der Waals surface area contributed by atoms with E-state index >= 15 is 0 Å². The van der Waals surface area contributed by atoms with Crippen LogP contribution in [0.15, 0.2) is 30.5 Å². The first-order valence-corrected chi connectivity index (χ1v) is 5.30. The van der Waals surface area contributed by atoms with E-state index in [1.165, 1.54) is 0 Å². The van der Waals surface area contributed by atoms with Crippen molar-refractivity contribution >= 4 is 23.2 Å². The maximum Gasteiger partial charge on any atom is 0.0821 e. The topological polar surface area (TPSA) is 30.7 Å². The Morgan fingerprint density at radius 1 is 1.27 bits per heavy atom. The first-order chi connectivity index (χ1) is 7.18. The lowest BCUT2D eigenvalue weighted by Crippen LogP contribution is -2.02. The number of benzene rings is 1. The summed E-state index contributed by atoms with van der Waals surface area (Å²) in [5, 5.41) is 8.38. The number of nitrogens with zero attached hydrogens (tertiary/aromatic N) is 3. The zero-order valence-electron chi connectivity index (χ0n) is 8.06. The summed E-state index contributed by atoms with van der Waals surface area (Å²) in [5.41, 5.74) is 1.76. The van der Waals surface area contributed by atoms with E-state index in [-0.39, 0.29) is 5.38 Å². The van der Waals surface area contributed by atoms with Gasteiger partial charge in [0.1, 0.15) is 0 Å². The highest BCUT2D eigenvalue weighted by atomic mass is 35.5. The molecule has 0 bridgehead atoms. The Bertz CT molecular complexity index is 448. The van der Waals surface area contributed by atoms with Gasteiger partial charge < -0.3 is 0 Å². The van der Waals surface area contributed by atoms with E-state index in [4.69, 9.17) is 23.2 Å². The molecule has 0 saturated carbocycles. The Balaban J connectivity index is 2.45. The molecule has 1 aromatic carbocycles. The van der Waals surface area contributed by atoms with E-state index in [9.17, 15) is 0 Å². The van der Waals surface area contributed by atoms with Crippen LogP contribution in [0.5, 0.6) is 0 Å². The molecular weight excluding hydrogens is 233 g/mol. The minimum atomic E-state index is -0.129. The molecule has 1 heterocycles. The number of aromatic nitrogens is 3. The van der Waals surface area contributed by atoms with Crippen LogP contribution in [-0.2, 0) is 0 Å². The van der Waals surface area contributed by atoms with Crippen LogP contribution in [0.3, 0.4) is 0 Å². The summed E-state index contributed by atoms with van der Waals surface area (Å²) < 4.78 is 1.70. The summed E-state index contributed by atoms with van der Waals surface area (Å²) in [7, 11) is 0. The van der Waals surface area contributed by atoms with Crippen molar-refractivity contribution in [1.82, 2.24) is 15.0 Å². The van der Waals surface area contributed by atoms with E-state index in [1.807, 2.05) is 19.1 Å². The molecule has 0 N–H and O–H groups in total. The fourth-order valence-corrected chi connectivity index (χ4v) is 1.57. The molecule has 0 aliphatic heterocycles. The van der Waals surface area contributed by atoms with Crippen LogP contribution in [0.1, 0.15) is 18.0 Å². The van der Waals surface area contributed by atoms with Crippen LogP contribution in [0.25, 0.3) is 5.69 Å². The molecule has 1 unspecified atom stereocenters. The molecule has 0 fully saturated rings. The molecule has 0 amide bonds. The zero-order chi connectivity index (χ0) is 10.8. The number of halogens is 2. The van der Waals surface area contributed by atoms with Crippen LogP contribution in [0.2, 0.25) is 5.02 Å². The molecule has 1 aromatic heterocycles. The summed E-state index contributed by atoms with van der Waals surface area (Å²) >= 11 is 11.8. The third-order valence-corrected chi connectivity index (χ3v) is 2.53. The van der Waals surface area contributed by atoms with Crippen LogP contribution >= 0.6 is 23.2 Å². The minimum absolute atomic E-state index is 0.129. The summed E-state index contributed by atoms with van der Waals surface area (Å²) in [6.45, 7) is 1.88. The molecule has 0 saturated heterocycles. The van der Waals surface area contributed by atoms with Gasteiger partial charge in [0.25, 0.3) is 0 Å². The molecule has 2 rings (SSSR count). The van der Waals surface area contributed by atoms with Gasteiger partial charge in [-0.1, -0.05) is 16.8 Å². The standard InChI is InChI=1S/C10H9Cl2N3/c1-7(11)10-6-13-14-15(10)9-4-2-8(12)3-5-9/h2-7H,1H3. The summed E-state index contributed by atoms with van der Waals surface area (Å²) in [6.07, 6.45) is 1.66. The second kappa shape index (κ2) is 4.21. The molecule has 5 heteroatoms. The number of rotatable bonds is 2. The van der Waals surface area contributed by atoms with Crippen LogP contribution in [-0.4, -0.2) is 15.0 Å². The van der Waals surface area contributed by atoms with Crippen molar-refractivity contribution in [1.29, 1.82) is 0 Å². The fraction of sp³-hybridized carbons (Fsp3) is 0.200. The van der Waals surface area contributed by atoms with Crippen molar-refractivity contribution in [3.63, 3.8) is 0 Å². The molecule has 1 atom stereocenters. The molecule has 15 heavy (non-hydrogen) atoms. The first kappa shape index (κ1) is 10.5. The predicted octanol–water partition coefficient (Wildman–Crippen LogP) is 3.22. The SMILES string of the molecule is CC(Cl)c1cnnn1-c1ccc(Cl)cc1. The highest BCUT2D eigenvalue weighted by Crippen LogP contribution is 2.21. The van der Waals surface area contributed by atoms with Crippen molar-refractivity contribution in [3.8, 4) is 5.69 Å². The lowest BCUT2D eigenvalue weighted by Gasteiger charge is -2.06. The Kier molecular flexibility index (Phi) is 2.93. The maximum absolute atomic E-state index is 6.00. The fourth-order valence-electron chi connectivity index (χ4n) is 1.30. The third-order valence-electron chi connectivity index (χ3n) is 2.05. The van der Waals surface area contributed by atoms with E-state index < -0.39 is 0 Å². The maximum atomic E-state index is 6.00. The first-order valence-electron chi connectivity index (χ1n) is 4.49. The molecule has 0 aliphatic rings. The molecule has 0 spiro atoms. The second-order valence-corrected chi connectivity index (χ2v) is 4.25. The summed E-state index contributed by atoms with van der Waals surface area (Å²) in [6, 6.07) is 7.36. The van der Waals surface area contributed by atoms with Crippen LogP contribution < -0.4 is 0 Å². The Labute approximate surface area is 97.6 Å². The minimum Gasteiger partial charge on any atom is -0.216 e. The molecule has 0 radical (unpaired) electrons. The van der Waals surface area contributed by atoms with E-state index in [1.54, 1.807) is 23.0 Å². The largest absolute Gasteiger partial charge is 0.216 e. The second-order valence-electron chi connectivity index (χ2n) is 3.16.